The van der Waals surface area contributed by atoms with Gasteiger partial charge in [0.15, 0.2) is 0 Å². The Labute approximate surface area is 168 Å². The van der Waals surface area contributed by atoms with Crippen LogP contribution in [0.25, 0.3) is 0 Å². The van der Waals surface area contributed by atoms with E-state index in [1.54, 1.807) is 4.90 Å². The van der Waals surface area contributed by atoms with Gasteiger partial charge in [0.05, 0.1) is 0 Å². The molecule has 6 nitrogen and oxygen atoms in total. The van der Waals surface area contributed by atoms with Crippen LogP contribution in [0.4, 0.5) is 0 Å². The molecule has 0 saturated carbocycles. The van der Waals surface area contributed by atoms with Crippen molar-refractivity contribution in [2.24, 2.45) is 5.73 Å². The van der Waals surface area contributed by atoms with Crippen LogP contribution in [0.5, 0.6) is 17.2 Å². The van der Waals surface area contributed by atoms with Gasteiger partial charge in [0.2, 0.25) is 0 Å². The van der Waals surface area contributed by atoms with Gasteiger partial charge in [-0.2, -0.15) is 0 Å². The Hall–Kier alpha value is -3.51. The van der Waals surface area contributed by atoms with Gasteiger partial charge in [-0.15, -0.1) is 0 Å². The molecule has 6 heteroatoms. The summed E-state index contributed by atoms with van der Waals surface area (Å²) in [5.74, 6) is -0.693. The van der Waals surface area contributed by atoms with E-state index < -0.39 is 0 Å². The van der Waals surface area contributed by atoms with E-state index in [4.69, 9.17) is 10.5 Å². The number of ether oxygens (including phenoxy) is 1. The second kappa shape index (κ2) is 7.85. The molecule has 0 fully saturated rings. The zero-order valence-electron chi connectivity index (χ0n) is 15.8. The van der Waals surface area contributed by atoms with Crippen LogP contribution in [0.15, 0.2) is 60.7 Å². The zero-order valence-corrected chi connectivity index (χ0v) is 15.8. The average molecular weight is 390 g/mol. The second-order valence-corrected chi connectivity index (χ2v) is 7.03. The SMILES string of the molecule is NCc1cccc2c1CN(C(=O)c1c(O)cc(O)cc1OCc1ccccc1)C2. The molecule has 0 saturated heterocycles. The van der Waals surface area contributed by atoms with Crippen molar-refractivity contribution in [2.75, 3.05) is 0 Å². The number of aromatic hydroxyl groups is 2. The molecule has 3 aromatic rings. The Morgan fingerprint density at radius 2 is 1.83 bits per heavy atom. The van der Waals surface area contributed by atoms with E-state index in [0.717, 1.165) is 28.3 Å². The monoisotopic (exact) mass is 390 g/mol. The molecular formula is C23H22N2O4. The summed E-state index contributed by atoms with van der Waals surface area (Å²) in [6, 6.07) is 17.8. The third-order valence-corrected chi connectivity index (χ3v) is 5.10. The largest absolute Gasteiger partial charge is 0.508 e. The first-order valence-corrected chi connectivity index (χ1v) is 9.38. The number of phenols is 2. The summed E-state index contributed by atoms with van der Waals surface area (Å²) < 4.78 is 5.80. The molecule has 0 aromatic heterocycles. The van der Waals surface area contributed by atoms with Crippen molar-refractivity contribution in [3.63, 3.8) is 0 Å². The van der Waals surface area contributed by atoms with Gasteiger partial charge in [-0.05, 0) is 22.3 Å². The van der Waals surface area contributed by atoms with Crippen molar-refractivity contribution in [3.05, 3.63) is 88.5 Å². The Balaban J connectivity index is 1.61. The molecule has 1 amide bonds. The number of phenolic OH excluding ortho intramolecular Hbond substituents is 2. The molecule has 0 bridgehead atoms. The van der Waals surface area contributed by atoms with Crippen molar-refractivity contribution in [3.8, 4) is 17.2 Å². The van der Waals surface area contributed by atoms with Gasteiger partial charge >= 0.3 is 0 Å². The van der Waals surface area contributed by atoms with Crippen LogP contribution < -0.4 is 10.5 Å². The number of benzene rings is 3. The van der Waals surface area contributed by atoms with Gasteiger partial charge in [-0.25, -0.2) is 0 Å². The van der Waals surface area contributed by atoms with Gasteiger partial charge in [0, 0.05) is 31.8 Å². The minimum Gasteiger partial charge on any atom is -0.508 e. The maximum absolute atomic E-state index is 13.3. The first kappa shape index (κ1) is 18.8. The zero-order chi connectivity index (χ0) is 20.4. The summed E-state index contributed by atoms with van der Waals surface area (Å²) in [5.41, 5.74) is 9.88. The van der Waals surface area contributed by atoms with E-state index in [1.807, 2.05) is 48.5 Å². The van der Waals surface area contributed by atoms with E-state index >= 15 is 0 Å². The van der Waals surface area contributed by atoms with Gasteiger partial charge < -0.3 is 25.6 Å². The second-order valence-electron chi connectivity index (χ2n) is 7.03. The number of nitrogens with two attached hydrogens (primary N) is 1. The molecule has 4 N–H and O–H groups in total. The van der Waals surface area contributed by atoms with Gasteiger partial charge in [0.1, 0.15) is 29.4 Å². The lowest BCUT2D eigenvalue weighted by Gasteiger charge is -2.19. The highest BCUT2D eigenvalue weighted by atomic mass is 16.5. The highest BCUT2D eigenvalue weighted by Crippen LogP contribution is 2.36. The highest BCUT2D eigenvalue weighted by molar-refractivity contribution is 6.00. The quantitative estimate of drug-likeness (QED) is 0.621. The van der Waals surface area contributed by atoms with E-state index in [9.17, 15) is 15.0 Å². The summed E-state index contributed by atoms with van der Waals surface area (Å²) in [6.45, 7) is 1.46. The maximum atomic E-state index is 13.3. The molecule has 0 unspecified atom stereocenters. The predicted octanol–water partition coefficient (Wildman–Crippen LogP) is 3.29. The van der Waals surface area contributed by atoms with Crippen LogP contribution in [0.3, 0.4) is 0 Å². The van der Waals surface area contributed by atoms with Crippen LogP contribution in [0.2, 0.25) is 0 Å². The van der Waals surface area contributed by atoms with E-state index in [2.05, 4.69) is 0 Å². The van der Waals surface area contributed by atoms with Crippen molar-refractivity contribution < 1.29 is 19.7 Å². The fourth-order valence-corrected chi connectivity index (χ4v) is 3.64. The number of amides is 1. The Morgan fingerprint density at radius 1 is 1.03 bits per heavy atom. The lowest BCUT2D eigenvalue weighted by Crippen LogP contribution is -2.26. The summed E-state index contributed by atoms with van der Waals surface area (Å²) in [7, 11) is 0. The van der Waals surface area contributed by atoms with Gasteiger partial charge in [-0.3, -0.25) is 4.79 Å². The minimum absolute atomic E-state index is 0.0424. The molecule has 148 valence electrons. The Bertz CT molecular complexity index is 1050. The fraction of sp³-hybridized carbons (Fsp3) is 0.174. The molecular weight excluding hydrogens is 368 g/mol. The molecule has 1 heterocycles. The first-order chi connectivity index (χ1) is 14.1. The van der Waals surface area contributed by atoms with Crippen LogP contribution in [0, 0.1) is 0 Å². The Kier molecular flexibility index (Phi) is 5.10. The van der Waals surface area contributed by atoms with Gasteiger partial charge in [0.25, 0.3) is 5.91 Å². The van der Waals surface area contributed by atoms with Crippen molar-refractivity contribution in [1.82, 2.24) is 4.90 Å². The van der Waals surface area contributed by atoms with Crippen molar-refractivity contribution in [1.29, 1.82) is 0 Å². The van der Waals surface area contributed by atoms with E-state index in [0.29, 0.717) is 19.6 Å². The van der Waals surface area contributed by atoms with Crippen LogP contribution in [-0.2, 0) is 26.2 Å². The molecule has 0 aliphatic carbocycles. The number of hydrogen-bond donors (Lipinski definition) is 3. The Morgan fingerprint density at radius 3 is 2.59 bits per heavy atom. The molecule has 0 atom stereocenters. The van der Waals surface area contributed by atoms with Crippen LogP contribution >= 0.6 is 0 Å². The van der Waals surface area contributed by atoms with Crippen LogP contribution in [-0.4, -0.2) is 21.0 Å². The van der Waals surface area contributed by atoms with E-state index in [-0.39, 0.29) is 35.3 Å². The fourth-order valence-electron chi connectivity index (χ4n) is 3.64. The summed E-state index contributed by atoms with van der Waals surface area (Å²) in [5, 5.41) is 20.3. The standard InChI is InChI=1S/C23H22N2O4/c24-11-16-7-4-8-17-12-25(13-19(16)17)23(28)22-20(27)9-18(26)10-21(22)29-14-15-5-2-1-3-6-15/h1-10,26-27H,11-14,24H2. The van der Waals surface area contributed by atoms with E-state index in [1.165, 1.54) is 6.07 Å². The highest BCUT2D eigenvalue weighted by Gasteiger charge is 2.30. The number of carbonyl (C=O) groups is 1. The van der Waals surface area contributed by atoms with Crippen molar-refractivity contribution >= 4 is 5.91 Å². The number of rotatable bonds is 5. The van der Waals surface area contributed by atoms with Gasteiger partial charge in [-0.1, -0.05) is 48.5 Å². The maximum Gasteiger partial charge on any atom is 0.262 e. The average Bonchev–Trinajstić information content (AvgIpc) is 3.16. The van der Waals surface area contributed by atoms with Crippen molar-refractivity contribution in [2.45, 2.75) is 26.2 Å². The topological polar surface area (TPSA) is 96.0 Å². The minimum atomic E-state index is -0.357. The molecule has 0 spiro atoms. The third-order valence-electron chi connectivity index (χ3n) is 5.10. The number of nitrogens with zero attached hydrogens (tertiary/aromatic N) is 1. The molecule has 3 aromatic carbocycles. The number of hydrogen-bond acceptors (Lipinski definition) is 5. The molecule has 4 rings (SSSR count). The smallest absolute Gasteiger partial charge is 0.262 e. The summed E-state index contributed by atoms with van der Waals surface area (Å²) in [6.07, 6.45) is 0. The number of fused-ring (bicyclic) bond motifs is 1. The molecule has 1 aliphatic rings. The third kappa shape index (κ3) is 3.75. The molecule has 29 heavy (non-hydrogen) atoms. The summed E-state index contributed by atoms with van der Waals surface area (Å²) in [4.78, 5) is 14.9. The lowest BCUT2D eigenvalue weighted by molar-refractivity contribution is 0.0743. The predicted molar refractivity (Wildman–Crippen MR) is 108 cm³/mol. The molecule has 0 radical (unpaired) electrons. The first-order valence-electron chi connectivity index (χ1n) is 9.38. The lowest BCUT2D eigenvalue weighted by atomic mass is 10.0. The number of carbonyl (C=O) groups excluding carboxylic acids is 1. The molecule has 1 aliphatic heterocycles. The normalized spacial score (nSPS) is 12.7. The van der Waals surface area contributed by atoms with Crippen LogP contribution in [0.1, 0.15) is 32.6 Å². The summed E-state index contributed by atoms with van der Waals surface area (Å²) >= 11 is 0.